The van der Waals surface area contributed by atoms with E-state index in [9.17, 15) is 14.7 Å². The Morgan fingerprint density at radius 2 is 2.14 bits per heavy atom. The lowest BCUT2D eigenvalue weighted by atomic mass is 9.71. The molecule has 2 aromatic rings. The van der Waals surface area contributed by atoms with Crippen LogP contribution in [0.4, 0.5) is 0 Å². The molecule has 28 heavy (non-hydrogen) atoms. The third kappa shape index (κ3) is 2.91. The number of piperidine rings is 2. The summed E-state index contributed by atoms with van der Waals surface area (Å²) in [6.45, 7) is 7.53. The second-order valence-corrected chi connectivity index (χ2v) is 8.41. The van der Waals surface area contributed by atoms with Crippen molar-refractivity contribution in [3.63, 3.8) is 0 Å². The molecular weight excluding hydrogens is 356 g/mol. The topological polar surface area (TPSA) is 82.8 Å². The molecular formula is C22H28N2O4. The summed E-state index contributed by atoms with van der Waals surface area (Å²) in [6, 6.07) is 2.12. The number of carbonyl (C=O) groups excluding carboxylic acids is 2. The van der Waals surface area contributed by atoms with Gasteiger partial charge >= 0.3 is 0 Å². The van der Waals surface area contributed by atoms with E-state index in [1.54, 1.807) is 11.2 Å². The van der Waals surface area contributed by atoms with E-state index in [-0.39, 0.29) is 24.8 Å². The van der Waals surface area contributed by atoms with Crippen molar-refractivity contribution in [1.29, 1.82) is 0 Å². The molecule has 0 bridgehead atoms. The molecule has 1 spiro atoms. The summed E-state index contributed by atoms with van der Waals surface area (Å²) in [5.74, 6) is -0.149. The highest BCUT2D eigenvalue weighted by molar-refractivity contribution is 5.92. The molecule has 3 heterocycles. The van der Waals surface area contributed by atoms with E-state index < -0.39 is 11.5 Å². The van der Waals surface area contributed by atoms with E-state index in [2.05, 4.69) is 18.3 Å². The van der Waals surface area contributed by atoms with Gasteiger partial charge in [0.2, 0.25) is 11.8 Å². The Balaban J connectivity index is 1.58. The van der Waals surface area contributed by atoms with E-state index in [1.807, 2.05) is 13.8 Å². The number of aliphatic hydroxyl groups excluding tert-OH is 1. The molecule has 2 amide bonds. The minimum atomic E-state index is -0.867. The van der Waals surface area contributed by atoms with Crippen molar-refractivity contribution in [2.75, 3.05) is 19.6 Å². The molecule has 1 aromatic carbocycles. The molecule has 150 valence electrons. The lowest BCUT2D eigenvalue weighted by Gasteiger charge is -2.46. The van der Waals surface area contributed by atoms with Gasteiger partial charge in [0.05, 0.1) is 24.2 Å². The first-order chi connectivity index (χ1) is 13.3. The van der Waals surface area contributed by atoms with Crippen molar-refractivity contribution in [1.82, 2.24) is 10.2 Å². The van der Waals surface area contributed by atoms with Crippen LogP contribution >= 0.6 is 0 Å². The molecule has 0 unspecified atom stereocenters. The molecule has 2 aliphatic rings. The largest absolute Gasteiger partial charge is 0.464 e. The van der Waals surface area contributed by atoms with Crippen LogP contribution in [0.15, 0.2) is 16.7 Å². The average Bonchev–Trinajstić information content (AvgIpc) is 3.08. The van der Waals surface area contributed by atoms with Crippen LogP contribution in [0.1, 0.15) is 41.5 Å². The second-order valence-electron chi connectivity index (χ2n) is 8.41. The third-order valence-electron chi connectivity index (χ3n) is 6.64. The fourth-order valence-corrected chi connectivity index (χ4v) is 4.85. The number of rotatable bonds is 2. The Labute approximate surface area is 164 Å². The summed E-state index contributed by atoms with van der Waals surface area (Å²) >= 11 is 0. The number of aryl methyl sites for hydroxylation is 3. The number of fused-ring (bicyclic) bond motifs is 1. The van der Waals surface area contributed by atoms with Crippen LogP contribution < -0.4 is 5.32 Å². The van der Waals surface area contributed by atoms with Gasteiger partial charge < -0.3 is 19.7 Å². The number of hydrogen-bond donors (Lipinski definition) is 2. The highest BCUT2D eigenvalue weighted by atomic mass is 16.3. The zero-order chi connectivity index (χ0) is 20.1. The molecule has 6 heteroatoms. The molecule has 0 saturated carbocycles. The maximum absolute atomic E-state index is 13.1. The van der Waals surface area contributed by atoms with E-state index >= 15 is 0 Å². The maximum Gasteiger partial charge on any atom is 0.230 e. The smallest absolute Gasteiger partial charge is 0.230 e. The lowest BCUT2D eigenvalue weighted by molar-refractivity contribution is -0.154. The van der Waals surface area contributed by atoms with E-state index in [1.165, 1.54) is 5.56 Å². The maximum atomic E-state index is 13.1. The summed E-state index contributed by atoms with van der Waals surface area (Å²) in [5.41, 5.74) is 4.23. The predicted octanol–water partition coefficient (Wildman–Crippen LogP) is 2.39. The fourth-order valence-electron chi connectivity index (χ4n) is 4.85. The lowest BCUT2D eigenvalue weighted by Crippen LogP contribution is -2.62. The van der Waals surface area contributed by atoms with Crippen LogP contribution in [-0.2, 0) is 16.0 Å². The van der Waals surface area contributed by atoms with Crippen LogP contribution in [0.3, 0.4) is 0 Å². The number of aliphatic hydroxyl groups is 1. The average molecular weight is 384 g/mol. The predicted molar refractivity (Wildman–Crippen MR) is 106 cm³/mol. The van der Waals surface area contributed by atoms with Crippen molar-refractivity contribution in [3.8, 4) is 0 Å². The first-order valence-corrected chi connectivity index (χ1v) is 10.0. The minimum Gasteiger partial charge on any atom is -0.464 e. The standard InChI is InChI=1S/C22H28N2O4/c1-13-9-14(2)19-16(11-28-20(19)15(13)3)10-18(26)24-8-5-17(25)22(12-24)6-4-7-23-21(22)27/h9,11,17,25H,4-8,10,12H2,1-3H3,(H,23,27)/t17-,22+/m0/s1. The first kappa shape index (κ1) is 19.0. The molecule has 0 radical (unpaired) electrons. The Bertz CT molecular complexity index is 948. The van der Waals surface area contributed by atoms with Gasteiger partial charge in [-0.05, 0) is 56.7 Å². The summed E-state index contributed by atoms with van der Waals surface area (Å²) in [6.07, 6.45) is 3.11. The Kier molecular flexibility index (Phi) is 4.70. The van der Waals surface area contributed by atoms with Crippen molar-refractivity contribution < 1.29 is 19.1 Å². The van der Waals surface area contributed by atoms with Gasteiger partial charge in [0.15, 0.2) is 0 Å². The minimum absolute atomic E-state index is 0.0232. The zero-order valence-corrected chi connectivity index (χ0v) is 16.8. The Morgan fingerprint density at radius 3 is 2.89 bits per heavy atom. The van der Waals surface area contributed by atoms with E-state index in [0.717, 1.165) is 34.1 Å². The number of furan rings is 1. The third-order valence-corrected chi connectivity index (χ3v) is 6.64. The van der Waals surface area contributed by atoms with Gasteiger partial charge in [0.25, 0.3) is 0 Å². The SMILES string of the molecule is Cc1cc(C)c2c(CC(=O)N3CC[C@H](O)[C@@]4(CCCNC4=O)C3)coc2c1C. The van der Waals surface area contributed by atoms with E-state index in [0.29, 0.717) is 25.9 Å². The zero-order valence-electron chi connectivity index (χ0n) is 16.8. The molecule has 1 aromatic heterocycles. The van der Waals surface area contributed by atoms with Crippen molar-refractivity contribution >= 4 is 22.8 Å². The van der Waals surface area contributed by atoms with Gasteiger partial charge in [-0.2, -0.15) is 0 Å². The second kappa shape index (κ2) is 6.92. The van der Waals surface area contributed by atoms with Crippen LogP contribution in [0.25, 0.3) is 11.0 Å². The summed E-state index contributed by atoms with van der Waals surface area (Å²) in [7, 11) is 0. The van der Waals surface area contributed by atoms with Crippen LogP contribution in [0.5, 0.6) is 0 Å². The highest BCUT2D eigenvalue weighted by Gasteiger charge is 2.50. The molecule has 2 N–H and O–H groups in total. The van der Waals surface area contributed by atoms with Crippen LogP contribution in [0.2, 0.25) is 0 Å². The normalized spacial score (nSPS) is 25.4. The molecule has 2 saturated heterocycles. The van der Waals surface area contributed by atoms with Gasteiger partial charge in [0.1, 0.15) is 5.58 Å². The number of nitrogens with zero attached hydrogens (tertiary/aromatic N) is 1. The van der Waals surface area contributed by atoms with Gasteiger partial charge in [-0.25, -0.2) is 0 Å². The highest BCUT2D eigenvalue weighted by Crippen LogP contribution is 2.38. The fraction of sp³-hybridized carbons (Fsp3) is 0.545. The number of amides is 2. The summed E-state index contributed by atoms with van der Waals surface area (Å²) in [4.78, 5) is 27.4. The molecule has 6 nitrogen and oxygen atoms in total. The van der Waals surface area contributed by atoms with Crippen molar-refractivity contribution in [3.05, 3.63) is 34.6 Å². The summed E-state index contributed by atoms with van der Waals surface area (Å²) in [5, 5.41) is 14.4. The molecule has 4 rings (SSSR count). The van der Waals surface area contributed by atoms with Crippen LogP contribution in [0, 0.1) is 26.2 Å². The molecule has 0 aliphatic carbocycles. The monoisotopic (exact) mass is 384 g/mol. The van der Waals surface area contributed by atoms with Crippen molar-refractivity contribution in [2.24, 2.45) is 5.41 Å². The van der Waals surface area contributed by atoms with Gasteiger partial charge in [-0.1, -0.05) is 6.07 Å². The van der Waals surface area contributed by atoms with Gasteiger partial charge in [0, 0.05) is 30.6 Å². The number of likely N-dealkylation sites (tertiary alicyclic amines) is 1. The number of carbonyl (C=O) groups is 2. The number of hydrogen-bond acceptors (Lipinski definition) is 4. The van der Waals surface area contributed by atoms with Gasteiger partial charge in [-0.15, -0.1) is 0 Å². The first-order valence-electron chi connectivity index (χ1n) is 10.0. The Hall–Kier alpha value is -2.34. The number of nitrogens with one attached hydrogen (secondary N) is 1. The van der Waals surface area contributed by atoms with Crippen molar-refractivity contribution in [2.45, 2.75) is 52.6 Å². The Morgan fingerprint density at radius 1 is 1.36 bits per heavy atom. The number of benzene rings is 1. The van der Waals surface area contributed by atoms with Gasteiger partial charge in [-0.3, -0.25) is 9.59 Å². The van der Waals surface area contributed by atoms with Crippen LogP contribution in [-0.4, -0.2) is 47.6 Å². The van der Waals surface area contributed by atoms with E-state index in [4.69, 9.17) is 4.42 Å². The molecule has 2 aliphatic heterocycles. The molecule has 2 fully saturated rings. The molecule has 2 atom stereocenters. The summed E-state index contributed by atoms with van der Waals surface area (Å²) < 4.78 is 5.80. The quantitative estimate of drug-likeness (QED) is 0.833.